The van der Waals surface area contributed by atoms with Crippen molar-refractivity contribution in [3.8, 4) is 16.9 Å². The van der Waals surface area contributed by atoms with Gasteiger partial charge in [-0.25, -0.2) is 4.79 Å². The maximum absolute atomic E-state index is 12.5. The second kappa shape index (κ2) is 11.9. The minimum atomic E-state index is -1.60. The van der Waals surface area contributed by atoms with Gasteiger partial charge in [-0.1, -0.05) is 30.3 Å². The fourth-order valence-corrected chi connectivity index (χ4v) is 3.67. The number of amides is 1. The predicted molar refractivity (Wildman–Crippen MR) is 122 cm³/mol. The highest BCUT2D eigenvalue weighted by Gasteiger charge is 2.44. The van der Waals surface area contributed by atoms with Gasteiger partial charge >= 0.3 is 11.9 Å². The van der Waals surface area contributed by atoms with E-state index in [-0.39, 0.29) is 17.7 Å². The highest BCUT2D eigenvalue weighted by molar-refractivity contribution is 5.97. The van der Waals surface area contributed by atoms with E-state index in [1.54, 1.807) is 36.4 Å². The summed E-state index contributed by atoms with van der Waals surface area (Å²) < 4.78 is 11.2. The SMILES string of the molecule is O=C(O)CC[C@H](NC(=O)c1ccc(-c2ccccc2O[C@@H]2O[C@H](CO)[C@@H](O)[C@H](O)[C@@H]2O)cc1)C(=O)O. The molecule has 1 amide bonds. The van der Waals surface area contributed by atoms with E-state index in [1.807, 2.05) is 0 Å². The van der Waals surface area contributed by atoms with Crippen LogP contribution in [0.3, 0.4) is 0 Å². The van der Waals surface area contributed by atoms with Crippen LogP contribution in [0.15, 0.2) is 48.5 Å². The van der Waals surface area contributed by atoms with Gasteiger partial charge in [-0.3, -0.25) is 9.59 Å². The van der Waals surface area contributed by atoms with E-state index in [0.29, 0.717) is 11.1 Å². The molecule has 36 heavy (non-hydrogen) atoms. The number of aliphatic hydroxyl groups is 4. The third-order valence-electron chi connectivity index (χ3n) is 5.69. The van der Waals surface area contributed by atoms with Crippen molar-refractivity contribution < 1.29 is 54.5 Å². The molecule has 1 aliphatic heterocycles. The molecule has 7 N–H and O–H groups in total. The Balaban J connectivity index is 1.75. The first-order valence-electron chi connectivity index (χ1n) is 11.0. The molecule has 0 unspecified atom stereocenters. The third-order valence-corrected chi connectivity index (χ3v) is 5.69. The van der Waals surface area contributed by atoms with Crippen LogP contribution in [0.5, 0.6) is 5.75 Å². The average molecular weight is 505 g/mol. The van der Waals surface area contributed by atoms with Gasteiger partial charge in [0.2, 0.25) is 6.29 Å². The van der Waals surface area contributed by atoms with Gasteiger partial charge in [-0.15, -0.1) is 0 Å². The van der Waals surface area contributed by atoms with Crippen LogP contribution in [-0.4, -0.2) is 91.8 Å². The minimum absolute atomic E-state index is 0.146. The zero-order chi connectivity index (χ0) is 26.4. The third kappa shape index (κ3) is 6.36. The monoisotopic (exact) mass is 505 g/mol. The molecule has 0 spiro atoms. The molecular formula is C24H27NO11. The maximum atomic E-state index is 12.5. The van der Waals surface area contributed by atoms with Gasteiger partial charge < -0.3 is 45.4 Å². The number of ether oxygens (including phenoxy) is 2. The molecular weight excluding hydrogens is 478 g/mol. The number of carbonyl (C=O) groups excluding carboxylic acids is 1. The van der Waals surface area contributed by atoms with E-state index in [1.165, 1.54) is 12.1 Å². The summed E-state index contributed by atoms with van der Waals surface area (Å²) >= 11 is 0. The number of nitrogens with one attached hydrogen (secondary N) is 1. The van der Waals surface area contributed by atoms with E-state index >= 15 is 0 Å². The van der Waals surface area contributed by atoms with Gasteiger partial charge in [0.05, 0.1) is 6.61 Å². The average Bonchev–Trinajstić information content (AvgIpc) is 2.86. The summed E-state index contributed by atoms with van der Waals surface area (Å²) in [6.45, 7) is -0.602. The molecule has 0 bridgehead atoms. The molecule has 3 rings (SSSR count). The molecule has 6 atom stereocenters. The van der Waals surface area contributed by atoms with Crippen LogP contribution in [0, 0.1) is 0 Å². The van der Waals surface area contributed by atoms with Crippen molar-refractivity contribution in [3.05, 3.63) is 54.1 Å². The molecule has 12 heteroatoms. The summed E-state index contributed by atoms with van der Waals surface area (Å²) in [5, 5.41) is 59.8. The van der Waals surface area contributed by atoms with Gasteiger partial charge in [-0.2, -0.15) is 0 Å². The zero-order valence-corrected chi connectivity index (χ0v) is 18.9. The van der Waals surface area contributed by atoms with Crippen molar-refractivity contribution in [1.29, 1.82) is 0 Å². The predicted octanol–water partition coefficient (Wildman–Crippen LogP) is -0.420. The molecule has 1 saturated heterocycles. The summed E-state index contributed by atoms with van der Waals surface area (Å²) in [5.74, 6) is -2.96. The number of para-hydroxylation sites is 1. The lowest BCUT2D eigenvalue weighted by atomic mass is 9.99. The molecule has 0 aliphatic carbocycles. The fourth-order valence-electron chi connectivity index (χ4n) is 3.67. The van der Waals surface area contributed by atoms with E-state index in [9.17, 15) is 39.9 Å². The van der Waals surface area contributed by atoms with Gasteiger partial charge in [0.25, 0.3) is 5.91 Å². The van der Waals surface area contributed by atoms with Crippen LogP contribution in [0.25, 0.3) is 11.1 Å². The number of carbonyl (C=O) groups is 3. The zero-order valence-electron chi connectivity index (χ0n) is 18.9. The number of hydrogen-bond donors (Lipinski definition) is 7. The number of aliphatic carboxylic acids is 2. The van der Waals surface area contributed by atoms with Crippen molar-refractivity contribution in [2.45, 2.75) is 49.6 Å². The Morgan fingerprint density at radius 3 is 2.22 bits per heavy atom. The smallest absolute Gasteiger partial charge is 0.326 e. The number of benzene rings is 2. The highest BCUT2D eigenvalue weighted by atomic mass is 16.7. The van der Waals surface area contributed by atoms with E-state index in [0.717, 1.165) is 0 Å². The Bertz CT molecular complexity index is 1070. The number of rotatable bonds is 10. The topological polar surface area (TPSA) is 203 Å². The molecule has 12 nitrogen and oxygen atoms in total. The number of aliphatic hydroxyl groups excluding tert-OH is 4. The largest absolute Gasteiger partial charge is 0.481 e. The summed E-state index contributed by atoms with van der Waals surface area (Å²) in [5.41, 5.74) is 1.27. The standard InChI is InChI=1S/C24H27NO11/c26-11-17-19(29)20(30)21(31)24(36-17)35-16-4-2-1-3-14(16)12-5-7-13(8-6-12)22(32)25-15(23(33)34)9-10-18(27)28/h1-8,15,17,19-21,24,26,29-31H,9-11H2,(H,25,32)(H,27,28)(H,33,34)/t15-,17+,19+,20-,21-,24+/m0/s1. The summed E-state index contributed by atoms with van der Waals surface area (Å²) in [7, 11) is 0. The van der Waals surface area contributed by atoms with Gasteiger partial charge in [-0.05, 0) is 30.2 Å². The van der Waals surface area contributed by atoms with Crippen LogP contribution < -0.4 is 10.1 Å². The lowest BCUT2D eigenvalue weighted by Crippen LogP contribution is -2.60. The first-order valence-corrected chi connectivity index (χ1v) is 11.0. The Morgan fingerprint density at radius 1 is 0.944 bits per heavy atom. The second-order valence-corrected chi connectivity index (χ2v) is 8.19. The summed E-state index contributed by atoms with van der Waals surface area (Å²) in [6.07, 6.45) is -7.92. The molecule has 1 fully saturated rings. The Kier molecular flexibility index (Phi) is 8.96. The molecule has 0 saturated carbocycles. The van der Waals surface area contributed by atoms with Crippen LogP contribution in [0.4, 0.5) is 0 Å². The Labute approximate surface area is 205 Å². The van der Waals surface area contributed by atoms with Crippen LogP contribution in [-0.2, 0) is 14.3 Å². The molecule has 2 aromatic carbocycles. The second-order valence-electron chi connectivity index (χ2n) is 8.19. The van der Waals surface area contributed by atoms with Crippen LogP contribution in [0.2, 0.25) is 0 Å². The Hall–Kier alpha value is -3.55. The van der Waals surface area contributed by atoms with Gasteiger partial charge in [0, 0.05) is 17.5 Å². The van der Waals surface area contributed by atoms with Gasteiger partial charge in [0.15, 0.2) is 0 Å². The first kappa shape index (κ1) is 27.0. The number of carboxylic acid groups (broad SMARTS) is 2. The molecule has 1 heterocycles. The summed E-state index contributed by atoms with van der Waals surface area (Å²) in [6, 6.07) is 11.4. The van der Waals surface area contributed by atoms with Crippen molar-refractivity contribution in [2.75, 3.05) is 6.61 Å². The minimum Gasteiger partial charge on any atom is -0.481 e. The van der Waals surface area contributed by atoms with E-state index in [2.05, 4.69) is 5.32 Å². The number of hydrogen-bond acceptors (Lipinski definition) is 9. The van der Waals surface area contributed by atoms with Gasteiger partial charge in [0.1, 0.15) is 36.2 Å². The van der Waals surface area contributed by atoms with Crippen LogP contribution in [0.1, 0.15) is 23.2 Å². The van der Waals surface area contributed by atoms with Crippen molar-refractivity contribution in [1.82, 2.24) is 5.32 Å². The normalized spacial score (nSPS) is 24.5. The van der Waals surface area contributed by atoms with Crippen molar-refractivity contribution >= 4 is 17.8 Å². The van der Waals surface area contributed by atoms with Crippen LogP contribution >= 0.6 is 0 Å². The lowest BCUT2D eigenvalue weighted by molar-refractivity contribution is -0.277. The lowest BCUT2D eigenvalue weighted by Gasteiger charge is -2.39. The van der Waals surface area contributed by atoms with E-state index < -0.39 is 67.6 Å². The highest BCUT2D eigenvalue weighted by Crippen LogP contribution is 2.33. The first-order chi connectivity index (χ1) is 17.1. The van der Waals surface area contributed by atoms with Crippen molar-refractivity contribution in [2.24, 2.45) is 0 Å². The number of carboxylic acids is 2. The molecule has 1 aliphatic rings. The quantitative estimate of drug-likeness (QED) is 0.221. The molecule has 0 radical (unpaired) electrons. The Morgan fingerprint density at radius 2 is 1.61 bits per heavy atom. The molecule has 0 aromatic heterocycles. The van der Waals surface area contributed by atoms with E-state index in [4.69, 9.17) is 14.6 Å². The fraction of sp³-hybridized carbons (Fsp3) is 0.375. The molecule has 194 valence electrons. The van der Waals surface area contributed by atoms with Crippen molar-refractivity contribution in [3.63, 3.8) is 0 Å². The summed E-state index contributed by atoms with van der Waals surface area (Å²) in [4.78, 5) is 34.5. The maximum Gasteiger partial charge on any atom is 0.326 e. The molecule has 2 aromatic rings.